The van der Waals surface area contributed by atoms with Crippen LogP contribution in [0.5, 0.6) is 0 Å². The predicted molar refractivity (Wildman–Crippen MR) is 76.2 cm³/mol. The zero-order valence-electron chi connectivity index (χ0n) is 11.0. The zero-order chi connectivity index (χ0) is 15.6. The van der Waals surface area contributed by atoms with E-state index in [0.717, 1.165) is 18.9 Å². The molecule has 0 atom stereocenters. The number of carboxylic acids is 1. The second-order valence-corrected chi connectivity index (χ2v) is 7.35. The Morgan fingerprint density at radius 3 is 2.57 bits per heavy atom. The van der Waals surface area contributed by atoms with Crippen molar-refractivity contribution >= 4 is 33.3 Å². The minimum absolute atomic E-state index is 0.0531. The highest BCUT2D eigenvalue weighted by atomic mass is 35.5. The Labute approximate surface area is 127 Å². The fraction of sp³-hybridized carbons (Fsp3) is 0.385. The van der Waals surface area contributed by atoms with Crippen LogP contribution in [0.25, 0.3) is 0 Å². The lowest BCUT2D eigenvalue weighted by molar-refractivity contribution is -0.120. The van der Waals surface area contributed by atoms with Gasteiger partial charge in [0.25, 0.3) is 0 Å². The van der Waals surface area contributed by atoms with E-state index in [1.807, 2.05) is 0 Å². The van der Waals surface area contributed by atoms with E-state index in [2.05, 4.69) is 5.32 Å². The van der Waals surface area contributed by atoms with Gasteiger partial charge >= 0.3 is 5.97 Å². The number of amides is 1. The molecular weight excluding hydrogens is 318 g/mol. The standard InChI is InChI=1S/C13H14ClNO5S/c14-10-4-1-8(13(17)18)7-11(10)21(19,20)6-5-12(16)15-9-2-3-9/h1,4,7,9H,2-3,5-6H2,(H,15,16)(H,17,18). The van der Waals surface area contributed by atoms with E-state index in [1.54, 1.807) is 0 Å². The number of hydrogen-bond acceptors (Lipinski definition) is 4. The summed E-state index contributed by atoms with van der Waals surface area (Å²) >= 11 is 5.82. The molecule has 1 saturated carbocycles. The SMILES string of the molecule is O=C(CCS(=O)(=O)c1cc(C(=O)O)ccc1Cl)NC1CC1. The van der Waals surface area contributed by atoms with Gasteiger partial charge in [0, 0.05) is 12.5 Å². The van der Waals surface area contributed by atoms with E-state index >= 15 is 0 Å². The van der Waals surface area contributed by atoms with Gasteiger partial charge in [0.15, 0.2) is 9.84 Å². The normalized spacial score (nSPS) is 14.7. The largest absolute Gasteiger partial charge is 0.478 e. The lowest BCUT2D eigenvalue weighted by Gasteiger charge is -2.08. The number of carbonyl (C=O) groups excluding carboxylic acids is 1. The van der Waals surface area contributed by atoms with Crippen LogP contribution in [0, 0.1) is 0 Å². The maximum absolute atomic E-state index is 12.2. The van der Waals surface area contributed by atoms with Crippen molar-refractivity contribution in [2.24, 2.45) is 0 Å². The van der Waals surface area contributed by atoms with Crippen LogP contribution in [-0.4, -0.2) is 37.2 Å². The summed E-state index contributed by atoms with van der Waals surface area (Å²) in [4.78, 5) is 22.2. The molecule has 2 N–H and O–H groups in total. The lowest BCUT2D eigenvalue weighted by atomic mass is 10.2. The summed E-state index contributed by atoms with van der Waals surface area (Å²) in [5.74, 6) is -1.98. The topological polar surface area (TPSA) is 101 Å². The second-order valence-electron chi connectivity index (χ2n) is 4.86. The number of carboxylic acid groups (broad SMARTS) is 1. The van der Waals surface area contributed by atoms with Gasteiger partial charge in [-0.2, -0.15) is 0 Å². The minimum atomic E-state index is -3.81. The number of hydrogen-bond donors (Lipinski definition) is 2. The van der Waals surface area contributed by atoms with E-state index in [1.165, 1.54) is 12.1 Å². The summed E-state index contributed by atoms with van der Waals surface area (Å²) in [6, 6.07) is 3.63. The molecule has 0 heterocycles. The average Bonchev–Trinajstić information content (AvgIpc) is 3.20. The second kappa shape index (κ2) is 6.03. The maximum atomic E-state index is 12.2. The maximum Gasteiger partial charge on any atom is 0.335 e. The molecule has 0 aromatic heterocycles. The van der Waals surface area contributed by atoms with E-state index in [-0.39, 0.29) is 33.9 Å². The summed E-state index contributed by atoms with van der Waals surface area (Å²) in [5, 5.41) is 11.5. The Balaban J connectivity index is 2.12. The van der Waals surface area contributed by atoms with Crippen molar-refractivity contribution in [1.29, 1.82) is 0 Å². The third-order valence-electron chi connectivity index (χ3n) is 3.05. The van der Waals surface area contributed by atoms with Crippen LogP contribution in [0.1, 0.15) is 29.6 Å². The summed E-state index contributed by atoms with van der Waals surface area (Å²) < 4.78 is 24.4. The fourth-order valence-corrected chi connectivity index (χ4v) is 3.56. The number of nitrogens with one attached hydrogen (secondary N) is 1. The van der Waals surface area contributed by atoms with Crippen LogP contribution in [-0.2, 0) is 14.6 Å². The molecular formula is C13H14ClNO5S. The van der Waals surface area contributed by atoms with Crippen molar-refractivity contribution in [2.75, 3.05) is 5.75 Å². The van der Waals surface area contributed by atoms with Crippen molar-refractivity contribution in [3.63, 3.8) is 0 Å². The van der Waals surface area contributed by atoms with Gasteiger partial charge in [-0.15, -0.1) is 0 Å². The molecule has 0 unspecified atom stereocenters. The number of sulfone groups is 1. The zero-order valence-corrected chi connectivity index (χ0v) is 12.6. The van der Waals surface area contributed by atoms with Gasteiger partial charge in [0.1, 0.15) is 0 Å². The molecule has 2 rings (SSSR count). The highest BCUT2D eigenvalue weighted by Crippen LogP contribution is 2.24. The number of benzene rings is 1. The first-order chi connectivity index (χ1) is 9.79. The van der Waals surface area contributed by atoms with E-state index in [9.17, 15) is 18.0 Å². The molecule has 0 radical (unpaired) electrons. The minimum Gasteiger partial charge on any atom is -0.478 e. The first kappa shape index (κ1) is 15.8. The van der Waals surface area contributed by atoms with Crippen molar-refractivity contribution < 1.29 is 23.1 Å². The summed E-state index contributed by atoms with van der Waals surface area (Å²) in [6.07, 6.45) is 1.67. The van der Waals surface area contributed by atoms with Crippen molar-refractivity contribution in [2.45, 2.75) is 30.2 Å². The fourth-order valence-electron chi connectivity index (χ4n) is 1.74. The van der Waals surface area contributed by atoms with E-state index in [0.29, 0.717) is 0 Å². The Hall–Kier alpha value is -1.60. The number of rotatable bonds is 6. The van der Waals surface area contributed by atoms with Crippen molar-refractivity contribution in [3.8, 4) is 0 Å². The monoisotopic (exact) mass is 331 g/mol. The number of halogens is 1. The van der Waals surface area contributed by atoms with E-state index < -0.39 is 21.6 Å². The third-order valence-corrected chi connectivity index (χ3v) is 5.24. The smallest absolute Gasteiger partial charge is 0.335 e. The van der Waals surface area contributed by atoms with Gasteiger partial charge in [-0.3, -0.25) is 4.79 Å². The molecule has 1 aromatic carbocycles. The van der Waals surface area contributed by atoms with Crippen LogP contribution >= 0.6 is 11.6 Å². The van der Waals surface area contributed by atoms with Gasteiger partial charge in [0.2, 0.25) is 5.91 Å². The predicted octanol–water partition coefficient (Wildman–Crippen LogP) is 1.48. The quantitative estimate of drug-likeness (QED) is 0.822. The molecule has 1 amide bonds. The summed E-state index contributed by atoms with van der Waals surface area (Å²) in [7, 11) is -3.81. The summed E-state index contributed by atoms with van der Waals surface area (Å²) in [6.45, 7) is 0. The molecule has 1 fully saturated rings. The van der Waals surface area contributed by atoms with Crippen LogP contribution in [0.15, 0.2) is 23.1 Å². The van der Waals surface area contributed by atoms with Gasteiger partial charge in [0.05, 0.1) is 21.2 Å². The van der Waals surface area contributed by atoms with Crippen LogP contribution in [0.2, 0.25) is 5.02 Å². The van der Waals surface area contributed by atoms with Gasteiger partial charge in [-0.1, -0.05) is 11.6 Å². The lowest BCUT2D eigenvalue weighted by Crippen LogP contribution is -2.27. The van der Waals surface area contributed by atoms with E-state index in [4.69, 9.17) is 16.7 Å². The molecule has 6 nitrogen and oxygen atoms in total. The third kappa shape index (κ3) is 4.18. The van der Waals surface area contributed by atoms with Crippen LogP contribution in [0.3, 0.4) is 0 Å². The molecule has 8 heteroatoms. The first-order valence-electron chi connectivity index (χ1n) is 6.34. The molecule has 0 saturated heterocycles. The van der Waals surface area contributed by atoms with Crippen molar-refractivity contribution in [1.82, 2.24) is 5.32 Å². The highest BCUT2D eigenvalue weighted by molar-refractivity contribution is 7.91. The summed E-state index contributed by atoms with van der Waals surface area (Å²) in [5.41, 5.74) is -0.166. The van der Waals surface area contributed by atoms with Gasteiger partial charge in [-0.05, 0) is 31.0 Å². The van der Waals surface area contributed by atoms with Gasteiger partial charge < -0.3 is 10.4 Å². The molecule has 21 heavy (non-hydrogen) atoms. The number of aromatic carboxylic acids is 1. The molecule has 114 valence electrons. The molecule has 1 aliphatic carbocycles. The molecule has 0 aliphatic heterocycles. The molecule has 1 aromatic rings. The van der Waals surface area contributed by atoms with Gasteiger partial charge in [-0.25, -0.2) is 13.2 Å². The molecule has 0 spiro atoms. The Bertz CT molecular complexity index is 682. The highest BCUT2D eigenvalue weighted by Gasteiger charge is 2.25. The molecule has 0 bridgehead atoms. The van der Waals surface area contributed by atoms with Crippen molar-refractivity contribution in [3.05, 3.63) is 28.8 Å². The Kier molecular flexibility index (Phi) is 4.53. The van der Waals surface area contributed by atoms with Crippen LogP contribution in [0.4, 0.5) is 0 Å². The molecule has 1 aliphatic rings. The Morgan fingerprint density at radius 1 is 1.33 bits per heavy atom. The Morgan fingerprint density at radius 2 is 2.00 bits per heavy atom. The number of carbonyl (C=O) groups is 2. The van der Waals surface area contributed by atoms with Crippen LogP contribution < -0.4 is 5.32 Å². The average molecular weight is 332 g/mol. The first-order valence-corrected chi connectivity index (χ1v) is 8.37.